The second-order valence-corrected chi connectivity index (χ2v) is 22.5. The van der Waals surface area contributed by atoms with Crippen molar-refractivity contribution in [2.75, 3.05) is 40.3 Å². The molecular weight excluding hydrogens is 1090 g/mol. The Balaban J connectivity index is 0.850. The molecule has 86 heavy (non-hydrogen) atoms. The summed E-state index contributed by atoms with van der Waals surface area (Å²) >= 11 is 0. The van der Waals surface area contributed by atoms with Crippen molar-refractivity contribution in [3.63, 3.8) is 0 Å². The van der Waals surface area contributed by atoms with E-state index in [-0.39, 0.29) is 99.5 Å². The minimum atomic E-state index is -1.12. The van der Waals surface area contributed by atoms with Gasteiger partial charge in [0.1, 0.15) is 30.2 Å². The molecule has 4 saturated heterocycles. The number of benzene rings is 3. The van der Waals surface area contributed by atoms with Gasteiger partial charge in [-0.15, -0.1) is 0 Å². The first-order chi connectivity index (χ1) is 41.7. The van der Waals surface area contributed by atoms with Crippen molar-refractivity contribution in [3.8, 4) is 23.7 Å². The van der Waals surface area contributed by atoms with E-state index >= 15 is 0 Å². The molecule has 10 N–H and O–H groups in total. The topological polar surface area (TPSA) is 289 Å². The number of nitrogens with one attached hydrogen (secondary N) is 9. The van der Waals surface area contributed by atoms with E-state index in [9.17, 15) is 48.3 Å². The average Bonchev–Trinajstić information content (AvgIpc) is 1.85. The molecule has 0 aromatic heterocycles. The smallest absolute Gasteiger partial charge is 0.247 e. The molecule has 4 fully saturated rings. The van der Waals surface area contributed by atoms with Crippen LogP contribution in [-0.4, -0.2) is 157 Å². The van der Waals surface area contributed by atoms with Gasteiger partial charge in [-0.3, -0.25) is 43.2 Å². The lowest BCUT2D eigenvalue weighted by Gasteiger charge is -2.33. The number of rotatable bonds is 26. The molecule has 4 heterocycles. The first kappa shape index (κ1) is 65.4. The number of nitrogens with zero attached hydrogens (tertiary/aromatic N) is 2. The SMILES string of the molecule is CC[C@H](NC)C(=O)N[C@@H]1C(=O)N2[C@@H](CC[C@@H]1CNC(=O)CCC#CC#CCCC(=O)NCCNC(=O)[C@@H](NC(=O)[C@@H]1CC[C@@H]3CC[C@H](CO)[C@H](NC(=O)[C@H](CC)NC)C(=O)N31)c1ccccc1)CC[C@H]2C(=O)NC(c1ccccc1)c1ccccc1. The van der Waals surface area contributed by atoms with Gasteiger partial charge in [0.25, 0.3) is 0 Å². The fourth-order valence-electron chi connectivity index (χ4n) is 12.3. The highest BCUT2D eigenvalue weighted by Gasteiger charge is 2.50. The number of likely N-dealkylation sites (N-methyl/N-ethyl adjacent to an activating group) is 2. The molecule has 3 aromatic carbocycles. The fourth-order valence-corrected chi connectivity index (χ4v) is 12.3. The van der Waals surface area contributed by atoms with Gasteiger partial charge in [-0.05, 0) is 107 Å². The maximum absolute atomic E-state index is 14.7. The average molecular weight is 1180 g/mol. The highest BCUT2D eigenvalue weighted by Crippen LogP contribution is 2.36. The third kappa shape index (κ3) is 17.3. The van der Waals surface area contributed by atoms with Crippen molar-refractivity contribution in [2.45, 2.75) is 164 Å². The number of aliphatic hydroxyl groups excluding tert-OH is 1. The van der Waals surface area contributed by atoms with Crippen LogP contribution in [0, 0.1) is 35.5 Å². The van der Waals surface area contributed by atoms with Gasteiger partial charge in [-0.1, -0.05) is 117 Å². The van der Waals surface area contributed by atoms with Gasteiger partial charge in [0.15, 0.2) is 0 Å². The van der Waals surface area contributed by atoms with Gasteiger partial charge >= 0.3 is 0 Å². The predicted molar refractivity (Wildman–Crippen MR) is 323 cm³/mol. The molecule has 0 saturated carbocycles. The summed E-state index contributed by atoms with van der Waals surface area (Å²) in [4.78, 5) is 127. The zero-order valence-electron chi connectivity index (χ0n) is 49.8. The number of hydrogen-bond acceptors (Lipinski definition) is 12. The molecule has 0 radical (unpaired) electrons. The predicted octanol–water partition coefficient (Wildman–Crippen LogP) is 2.16. The normalized spacial score (nSPS) is 22.5. The molecule has 0 bridgehead atoms. The number of aliphatic hydroxyl groups is 1. The first-order valence-corrected chi connectivity index (χ1v) is 30.4. The van der Waals surface area contributed by atoms with Crippen molar-refractivity contribution in [1.82, 2.24) is 57.7 Å². The van der Waals surface area contributed by atoms with Gasteiger partial charge in [0.2, 0.25) is 53.2 Å². The minimum Gasteiger partial charge on any atom is -0.396 e. The van der Waals surface area contributed by atoms with E-state index in [2.05, 4.69) is 71.5 Å². The third-order valence-corrected chi connectivity index (χ3v) is 17.0. The van der Waals surface area contributed by atoms with Gasteiger partial charge in [0, 0.05) is 75.8 Å². The lowest BCUT2D eigenvalue weighted by molar-refractivity contribution is -0.144. The zero-order valence-corrected chi connectivity index (χ0v) is 49.8. The highest BCUT2D eigenvalue weighted by molar-refractivity contribution is 5.97. The van der Waals surface area contributed by atoms with Crippen LogP contribution in [0.4, 0.5) is 0 Å². The Kier molecular flexibility index (Phi) is 25.1. The lowest BCUT2D eigenvalue weighted by Crippen LogP contribution is -2.59. The molecule has 0 aliphatic carbocycles. The van der Waals surface area contributed by atoms with Crippen LogP contribution in [0.5, 0.6) is 0 Å². The van der Waals surface area contributed by atoms with Crippen LogP contribution in [0.2, 0.25) is 0 Å². The van der Waals surface area contributed by atoms with Gasteiger partial charge in [-0.2, -0.15) is 0 Å². The van der Waals surface area contributed by atoms with E-state index in [4.69, 9.17) is 0 Å². The van der Waals surface area contributed by atoms with Crippen molar-refractivity contribution in [3.05, 3.63) is 108 Å². The van der Waals surface area contributed by atoms with Crippen molar-refractivity contribution >= 4 is 53.2 Å². The van der Waals surface area contributed by atoms with Gasteiger partial charge in [-0.25, -0.2) is 0 Å². The summed E-state index contributed by atoms with van der Waals surface area (Å²) in [6.07, 6.45) is 5.70. The standard InChI is InChI=1S/C65H85N11O10/c1-5-49(66-3)59(80)73-57-45(30-32-47-34-36-51(75(47)64(57)85)61(82)71-55(42-22-14-11-15-23-42)43-24-16-12-17-25-43)40-70-54(79)29-21-10-8-7-9-20-28-53(78)68-38-39-69-63(84)56(44-26-18-13-19-27-44)72-62(83)52-37-35-48-33-31-46(41-77)58(65(86)76(48)52)74-60(81)50(6-2)67-4/h11-19,22-27,45-52,55-58,66-67,77H,5-6,20-21,28-41H2,1-4H3,(H,68,78)(H,69,84)(H,70,79)(H,71,82)(H,72,83)(H,73,80)(H,74,81)/t45-,46-,47+,48+,49+,50+,51+,52+,56+,57+,58+/m1/s1. The van der Waals surface area contributed by atoms with Crippen LogP contribution in [0.3, 0.4) is 0 Å². The quantitative estimate of drug-likeness (QED) is 0.0409. The number of fused-ring (bicyclic) bond motifs is 2. The van der Waals surface area contributed by atoms with E-state index in [1.54, 1.807) is 49.3 Å². The molecule has 4 aliphatic rings. The molecular formula is C65H85N11O10. The highest BCUT2D eigenvalue weighted by atomic mass is 16.3. The molecule has 7 rings (SSSR count). The summed E-state index contributed by atoms with van der Waals surface area (Å²) in [6.45, 7) is 3.68. The van der Waals surface area contributed by atoms with Crippen LogP contribution in [0.25, 0.3) is 0 Å². The molecule has 9 amide bonds. The van der Waals surface area contributed by atoms with E-state index in [1.807, 2.05) is 74.5 Å². The minimum absolute atomic E-state index is 0.0532. The van der Waals surface area contributed by atoms with E-state index in [1.165, 1.54) is 4.90 Å². The number of amides is 9. The van der Waals surface area contributed by atoms with Gasteiger partial charge in [0.05, 0.1) is 18.1 Å². The van der Waals surface area contributed by atoms with Crippen LogP contribution < -0.4 is 47.9 Å². The maximum atomic E-state index is 14.7. The third-order valence-electron chi connectivity index (χ3n) is 17.0. The Labute approximate surface area is 504 Å². The monoisotopic (exact) mass is 1180 g/mol. The van der Waals surface area contributed by atoms with Crippen LogP contribution in [0.15, 0.2) is 91.0 Å². The summed E-state index contributed by atoms with van der Waals surface area (Å²) in [5, 5.41) is 36.7. The van der Waals surface area contributed by atoms with Crippen molar-refractivity contribution in [2.24, 2.45) is 11.8 Å². The van der Waals surface area contributed by atoms with Crippen molar-refractivity contribution in [1.29, 1.82) is 0 Å². The first-order valence-electron chi connectivity index (χ1n) is 30.4. The molecule has 460 valence electrons. The number of carbonyl (C=O) groups excluding carboxylic acids is 9. The maximum Gasteiger partial charge on any atom is 0.247 e. The second-order valence-electron chi connectivity index (χ2n) is 22.5. The van der Waals surface area contributed by atoms with Crippen LogP contribution in [0.1, 0.15) is 133 Å². The van der Waals surface area contributed by atoms with Gasteiger partial charge < -0.3 is 62.8 Å². The Bertz CT molecular complexity index is 2900. The lowest BCUT2D eigenvalue weighted by atomic mass is 9.92. The van der Waals surface area contributed by atoms with Crippen LogP contribution >= 0.6 is 0 Å². The largest absolute Gasteiger partial charge is 0.396 e. The Hall–Kier alpha value is -8.11. The Morgan fingerprint density at radius 2 is 0.965 bits per heavy atom. The molecule has 3 aromatic rings. The molecule has 21 nitrogen and oxygen atoms in total. The molecule has 11 atom stereocenters. The summed E-state index contributed by atoms with van der Waals surface area (Å²) in [5.41, 5.74) is 2.33. The second kappa shape index (κ2) is 33.0. The molecule has 0 unspecified atom stereocenters. The van der Waals surface area contributed by atoms with E-state index in [0.29, 0.717) is 69.8 Å². The number of carbonyl (C=O) groups is 9. The summed E-state index contributed by atoms with van der Waals surface area (Å²) in [6, 6.07) is 21.3. The zero-order chi connectivity index (χ0) is 61.5. The van der Waals surface area contributed by atoms with E-state index in [0.717, 1.165) is 11.1 Å². The molecule has 21 heteroatoms. The molecule has 4 aliphatic heterocycles. The van der Waals surface area contributed by atoms with Crippen LogP contribution in [-0.2, 0) is 43.2 Å². The fraction of sp³-hybridized carbons (Fsp3) is 0.523. The molecule has 0 spiro atoms. The number of hydrogen-bond donors (Lipinski definition) is 10. The summed E-state index contributed by atoms with van der Waals surface area (Å²) < 4.78 is 0. The van der Waals surface area contributed by atoms with Crippen molar-refractivity contribution < 1.29 is 48.3 Å². The summed E-state index contributed by atoms with van der Waals surface area (Å²) in [7, 11) is 3.34. The Morgan fingerprint density at radius 1 is 0.535 bits per heavy atom. The van der Waals surface area contributed by atoms with E-state index < -0.39 is 77.9 Å². The summed E-state index contributed by atoms with van der Waals surface area (Å²) in [5.74, 6) is 6.83. The Morgan fingerprint density at radius 3 is 1.44 bits per heavy atom.